The number of carbonyl (C=O) groups excluding carboxylic acids is 1. The van der Waals surface area contributed by atoms with Crippen LogP contribution in [0.1, 0.15) is 37.7 Å². The van der Waals surface area contributed by atoms with Crippen LogP contribution < -0.4 is 10.6 Å². The Morgan fingerprint density at radius 2 is 2.19 bits per heavy atom. The molecule has 1 aromatic heterocycles. The number of pyridine rings is 1. The first kappa shape index (κ1) is 18.2. The van der Waals surface area contributed by atoms with Gasteiger partial charge in [-0.15, -0.1) is 0 Å². The number of hydrogen-bond donors (Lipinski definition) is 2. The van der Waals surface area contributed by atoms with Crippen LogP contribution in [0.4, 0.5) is 5.82 Å². The fourth-order valence-corrected chi connectivity index (χ4v) is 3.79. The number of nitrogens with zero attached hydrogens (tertiary/aromatic N) is 4. The summed E-state index contributed by atoms with van der Waals surface area (Å²) in [5.41, 5.74) is 0.557. The zero-order valence-electron chi connectivity index (χ0n) is 14.8. The second-order valence-electron chi connectivity index (χ2n) is 7.06. The summed E-state index contributed by atoms with van der Waals surface area (Å²) in [6, 6.07) is 7.96. The predicted octanol–water partition coefficient (Wildman–Crippen LogP) is 1.64. The number of hydrogen-bond acceptors (Lipinski definition) is 6. The van der Waals surface area contributed by atoms with Gasteiger partial charge in [-0.05, 0) is 50.2 Å². The van der Waals surface area contributed by atoms with Crippen LogP contribution in [0.3, 0.4) is 0 Å². The van der Waals surface area contributed by atoms with Crippen molar-refractivity contribution in [3.63, 3.8) is 0 Å². The topological polar surface area (TPSA) is 105 Å². The maximum atomic E-state index is 12.3. The number of carbonyl (C=O) groups is 1. The van der Waals surface area contributed by atoms with Crippen molar-refractivity contribution >= 4 is 11.7 Å². The van der Waals surface area contributed by atoms with Crippen molar-refractivity contribution in [2.75, 3.05) is 25.0 Å². The van der Waals surface area contributed by atoms with Crippen LogP contribution in [-0.2, 0) is 4.79 Å². The van der Waals surface area contributed by atoms with Gasteiger partial charge in [-0.2, -0.15) is 10.5 Å². The van der Waals surface area contributed by atoms with E-state index in [2.05, 4.69) is 27.8 Å². The molecule has 2 N–H and O–H groups in total. The maximum absolute atomic E-state index is 12.3. The summed E-state index contributed by atoms with van der Waals surface area (Å²) in [6.45, 7) is 1.86. The molecule has 1 aromatic rings. The van der Waals surface area contributed by atoms with Crippen molar-refractivity contribution in [1.29, 1.82) is 10.5 Å². The molecule has 1 aliphatic heterocycles. The molecule has 26 heavy (non-hydrogen) atoms. The minimum atomic E-state index is -0.246. The van der Waals surface area contributed by atoms with Gasteiger partial charge in [0.1, 0.15) is 17.9 Å². The van der Waals surface area contributed by atoms with Crippen molar-refractivity contribution in [2.24, 2.45) is 5.92 Å². The summed E-state index contributed by atoms with van der Waals surface area (Å²) in [5.74, 6) is 1.36. The number of rotatable bonds is 6. The third-order valence-corrected chi connectivity index (χ3v) is 5.27. The highest BCUT2D eigenvalue weighted by Gasteiger charge is 2.30. The lowest BCUT2D eigenvalue weighted by molar-refractivity contribution is -0.130. The first-order chi connectivity index (χ1) is 12.7. The van der Waals surface area contributed by atoms with Crippen LogP contribution in [-0.4, -0.2) is 47.5 Å². The first-order valence-electron chi connectivity index (χ1n) is 9.22. The molecule has 0 spiro atoms. The number of amides is 1. The monoisotopic (exact) mass is 352 g/mol. The molecule has 1 saturated carbocycles. The van der Waals surface area contributed by atoms with Crippen molar-refractivity contribution in [3.05, 3.63) is 23.9 Å². The van der Waals surface area contributed by atoms with E-state index < -0.39 is 0 Å². The van der Waals surface area contributed by atoms with E-state index in [1.807, 2.05) is 6.07 Å². The van der Waals surface area contributed by atoms with Gasteiger partial charge in [-0.25, -0.2) is 4.98 Å². The highest BCUT2D eigenvalue weighted by Crippen LogP contribution is 2.26. The van der Waals surface area contributed by atoms with Gasteiger partial charge in [0.15, 0.2) is 0 Å². The van der Waals surface area contributed by atoms with Gasteiger partial charge >= 0.3 is 0 Å². The molecule has 1 saturated heterocycles. The smallest absolute Gasteiger partial charge is 0.237 e. The highest BCUT2D eigenvalue weighted by atomic mass is 16.2. The Morgan fingerprint density at radius 3 is 2.92 bits per heavy atom. The lowest BCUT2D eigenvalue weighted by atomic mass is 10.1. The van der Waals surface area contributed by atoms with Crippen LogP contribution in [0.5, 0.6) is 0 Å². The van der Waals surface area contributed by atoms with Crippen LogP contribution in [0.15, 0.2) is 18.3 Å². The Morgan fingerprint density at radius 1 is 1.31 bits per heavy atom. The molecule has 0 unspecified atom stereocenters. The average molecular weight is 352 g/mol. The zero-order valence-corrected chi connectivity index (χ0v) is 14.8. The van der Waals surface area contributed by atoms with Gasteiger partial charge in [-0.3, -0.25) is 4.79 Å². The molecule has 1 amide bonds. The van der Waals surface area contributed by atoms with Crippen LogP contribution >= 0.6 is 0 Å². The molecule has 136 valence electrons. The molecule has 7 nitrogen and oxygen atoms in total. The Labute approximate surface area is 154 Å². The highest BCUT2D eigenvalue weighted by molar-refractivity contribution is 5.79. The molecular formula is C19H24N6O. The van der Waals surface area contributed by atoms with Gasteiger partial charge in [0.2, 0.25) is 5.91 Å². The van der Waals surface area contributed by atoms with E-state index in [-0.39, 0.29) is 11.9 Å². The summed E-state index contributed by atoms with van der Waals surface area (Å²) >= 11 is 0. The van der Waals surface area contributed by atoms with E-state index in [9.17, 15) is 4.79 Å². The summed E-state index contributed by atoms with van der Waals surface area (Å²) in [4.78, 5) is 18.2. The van der Waals surface area contributed by atoms with Crippen LogP contribution in [0.2, 0.25) is 0 Å². The molecule has 3 atom stereocenters. The molecule has 0 radical (unpaired) electrons. The van der Waals surface area contributed by atoms with Gasteiger partial charge in [0.05, 0.1) is 18.2 Å². The van der Waals surface area contributed by atoms with E-state index in [1.165, 1.54) is 0 Å². The van der Waals surface area contributed by atoms with Crippen molar-refractivity contribution in [2.45, 2.75) is 44.2 Å². The number of likely N-dealkylation sites (tertiary alicyclic amines) is 1. The summed E-state index contributed by atoms with van der Waals surface area (Å²) in [5, 5.41) is 24.6. The Balaban J connectivity index is 1.38. The molecule has 2 fully saturated rings. The average Bonchev–Trinajstić information content (AvgIpc) is 3.34. The predicted molar refractivity (Wildman–Crippen MR) is 96.9 cm³/mol. The Bertz CT molecular complexity index is 704. The summed E-state index contributed by atoms with van der Waals surface area (Å²) in [6.07, 6.45) is 6.48. The third kappa shape index (κ3) is 4.50. The maximum Gasteiger partial charge on any atom is 0.237 e. The van der Waals surface area contributed by atoms with Crippen molar-refractivity contribution in [1.82, 2.24) is 15.2 Å². The normalized spacial score (nSPS) is 24.8. The lowest BCUT2D eigenvalue weighted by Gasteiger charge is -2.21. The van der Waals surface area contributed by atoms with Crippen molar-refractivity contribution < 1.29 is 4.79 Å². The quantitative estimate of drug-likeness (QED) is 0.806. The molecule has 3 rings (SSSR count). The lowest BCUT2D eigenvalue weighted by Crippen LogP contribution is -2.43. The first-order valence-corrected chi connectivity index (χ1v) is 9.22. The van der Waals surface area contributed by atoms with Gasteiger partial charge in [0.25, 0.3) is 0 Å². The fraction of sp³-hybridized carbons (Fsp3) is 0.579. The molecule has 0 bridgehead atoms. The minimum Gasteiger partial charge on any atom is -0.370 e. The minimum absolute atomic E-state index is 0.0393. The van der Waals surface area contributed by atoms with E-state index in [4.69, 9.17) is 10.5 Å². The number of nitrogens with one attached hydrogen (secondary N) is 2. The molecule has 1 aliphatic carbocycles. The summed E-state index contributed by atoms with van der Waals surface area (Å²) in [7, 11) is 0. The molecular weight excluding hydrogens is 328 g/mol. The second kappa shape index (κ2) is 8.64. The Hall–Kier alpha value is -2.64. The van der Waals surface area contributed by atoms with Gasteiger partial charge in [0, 0.05) is 25.3 Å². The van der Waals surface area contributed by atoms with Crippen LogP contribution in [0.25, 0.3) is 0 Å². The number of anilines is 1. The summed E-state index contributed by atoms with van der Waals surface area (Å²) < 4.78 is 0. The third-order valence-electron chi connectivity index (χ3n) is 5.27. The standard InChI is InChI=1S/C19H24N6O/c20-9-15-4-6-18(24-12-15)23-11-14-3-5-16(8-14)22-13-19(26)25-7-1-2-17(25)10-21/h4,6,12,14,16-17,22H,1-3,5,7-8,11,13H2,(H,23,24)/t14-,16-,17+/m1/s1. The van der Waals surface area contributed by atoms with E-state index in [0.29, 0.717) is 30.6 Å². The largest absolute Gasteiger partial charge is 0.370 e. The fourth-order valence-electron chi connectivity index (χ4n) is 3.79. The van der Waals surface area contributed by atoms with Gasteiger partial charge in [-0.1, -0.05) is 0 Å². The van der Waals surface area contributed by atoms with E-state index >= 15 is 0 Å². The van der Waals surface area contributed by atoms with Crippen molar-refractivity contribution in [3.8, 4) is 12.1 Å². The number of nitriles is 2. The van der Waals surface area contributed by atoms with Crippen LogP contribution in [0, 0.1) is 28.6 Å². The van der Waals surface area contributed by atoms with E-state index in [0.717, 1.165) is 44.5 Å². The zero-order chi connectivity index (χ0) is 18.4. The molecule has 2 aliphatic rings. The van der Waals surface area contributed by atoms with E-state index in [1.54, 1.807) is 17.2 Å². The second-order valence-corrected chi connectivity index (χ2v) is 7.06. The number of aromatic nitrogens is 1. The molecule has 7 heteroatoms. The Kier molecular flexibility index (Phi) is 6.04. The SMILES string of the molecule is N#Cc1ccc(NC[C@@H]2CC[C@@H](NCC(=O)N3CCC[C@H]3C#N)C2)nc1. The molecule has 0 aromatic carbocycles. The molecule has 2 heterocycles. The van der Waals surface area contributed by atoms with Gasteiger partial charge < -0.3 is 15.5 Å².